The summed E-state index contributed by atoms with van der Waals surface area (Å²) in [7, 11) is 0. The van der Waals surface area contributed by atoms with Gasteiger partial charge < -0.3 is 15.2 Å². The number of carbonyl (C=O) groups is 1. The smallest absolute Gasteiger partial charge is 0.354 e. The summed E-state index contributed by atoms with van der Waals surface area (Å²) >= 11 is 0. The van der Waals surface area contributed by atoms with E-state index in [1.165, 1.54) is 0 Å². The molecule has 2 unspecified atom stereocenters. The lowest BCUT2D eigenvalue weighted by Crippen LogP contribution is -2.27. The molecule has 110 valence electrons. The first-order valence-electron chi connectivity index (χ1n) is 7.12. The van der Waals surface area contributed by atoms with Gasteiger partial charge in [0.25, 0.3) is 0 Å². The molecule has 3 rings (SSSR count). The van der Waals surface area contributed by atoms with Gasteiger partial charge in [-0.15, -0.1) is 0 Å². The van der Waals surface area contributed by atoms with Gasteiger partial charge in [0.2, 0.25) is 0 Å². The Morgan fingerprint density at radius 2 is 2.29 bits per heavy atom. The molecule has 2 atom stereocenters. The van der Waals surface area contributed by atoms with Crippen LogP contribution < -0.4 is 5.32 Å². The fourth-order valence-corrected chi connectivity index (χ4v) is 2.70. The van der Waals surface area contributed by atoms with E-state index in [9.17, 15) is 9.90 Å². The van der Waals surface area contributed by atoms with Gasteiger partial charge >= 0.3 is 5.97 Å². The van der Waals surface area contributed by atoms with Crippen LogP contribution in [0.25, 0.3) is 10.8 Å². The summed E-state index contributed by atoms with van der Waals surface area (Å²) in [6.07, 6.45) is 1.02. The molecule has 2 N–H and O–H groups in total. The first kappa shape index (κ1) is 13.8. The van der Waals surface area contributed by atoms with E-state index in [0.717, 1.165) is 30.4 Å². The molecule has 1 aromatic heterocycles. The third kappa shape index (κ3) is 2.83. The minimum absolute atomic E-state index is 0.0612. The second-order valence-electron chi connectivity index (χ2n) is 5.44. The van der Waals surface area contributed by atoms with E-state index >= 15 is 0 Å². The van der Waals surface area contributed by atoms with E-state index in [-0.39, 0.29) is 11.7 Å². The Labute approximate surface area is 123 Å². The molecule has 0 spiro atoms. The lowest BCUT2D eigenvalue weighted by molar-refractivity contribution is 0.0691. The molecule has 0 amide bonds. The van der Waals surface area contributed by atoms with Crippen LogP contribution in [-0.2, 0) is 4.74 Å². The van der Waals surface area contributed by atoms with Gasteiger partial charge in [-0.25, -0.2) is 9.78 Å². The molecule has 0 bridgehead atoms. The van der Waals surface area contributed by atoms with Crippen molar-refractivity contribution in [2.45, 2.75) is 19.4 Å². The van der Waals surface area contributed by atoms with Crippen molar-refractivity contribution in [3.63, 3.8) is 0 Å². The van der Waals surface area contributed by atoms with Gasteiger partial charge in [-0.3, -0.25) is 0 Å². The highest BCUT2D eigenvalue weighted by atomic mass is 16.5. The summed E-state index contributed by atoms with van der Waals surface area (Å²) in [4.78, 5) is 15.5. The van der Waals surface area contributed by atoms with Crippen LogP contribution >= 0.6 is 0 Å². The summed E-state index contributed by atoms with van der Waals surface area (Å²) in [6.45, 7) is 3.62. The Morgan fingerprint density at radius 1 is 1.48 bits per heavy atom. The van der Waals surface area contributed by atoms with Crippen LogP contribution in [0.5, 0.6) is 0 Å². The molecule has 1 aliphatic heterocycles. The average Bonchev–Trinajstić information content (AvgIpc) is 3.01. The highest BCUT2D eigenvalue weighted by molar-refractivity contribution is 5.97. The fraction of sp³-hybridized carbons (Fsp3) is 0.375. The lowest BCUT2D eigenvalue weighted by Gasteiger charge is -2.21. The molecule has 2 aromatic rings. The zero-order valence-corrected chi connectivity index (χ0v) is 11.9. The van der Waals surface area contributed by atoms with Crippen LogP contribution in [0.2, 0.25) is 0 Å². The minimum atomic E-state index is -1.01. The van der Waals surface area contributed by atoms with Crippen molar-refractivity contribution in [3.8, 4) is 0 Å². The molecule has 5 nitrogen and oxygen atoms in total. The second-order valence-corrected chi connectivity index (χ2v) is 5.44. The number of nitrogens with one attached hydrogen (secondary N) is 1. The van der Waals surface area contributed by atoms with Gasteiger partial charge in [0.05, 0.1) is 6.61 Å². The Hall–Kier alpha value is -2.14. The molecule has 0 radical (unpaired) electrons. The van der Waals surface area contributed by atoms with E-state index in [1.54, 1.807) is 6.07 Å². The molecule has 1 saturated heterocycles. The van der Waals surface area contributed by atoms with Crippen molar-refractivity contribution in [1.29, 1.82) is 0 Å². The Bertz CT molecular complexity index is 666. The van der Waals surface area contributed by atoms with Crippen LogP contribution in [0.3, 0.4) is 0 Å². The largest absolute Gasteiger partial charge is 0.477 e. The highest BCUT2D eigenvalue weighted by Crippen LogP contribution is 2.26. The molecule has 21 heavy (non-hydrogen) atoms. The molecule has 0 saturated carbocycles. The molecular weight excluding hydrogens is 268 g/mol. The molecule has 2 heterocycles. The van der Waals surface area contributed by atoms with Crippen molar-refractivity contribution < 1.29 is 14.6 Å². The van der Waals surface area contributed by atoms with Crippen LogP contribution in [0.15, 0.2) is 30.3 Å². The quantitative estimate of drug-likeness (QED) is 0.904. The van der Waals surface area contributed by atoms with E-state index < -0.39 is 5.97 Å². The normalized spacial score (nSPS) is 19.6. The van der Waals surface area contributed by atoms with Crippen molar-refractivity contribution in [2.24, 2.45) is 5.92 Å². The SMILES string of the molecule is CC(Nc1nc(C(=O)O)cc2ccccc12)C1CCOC1. The van der Waals surface area contributed by atoms with E-state index in [0.29, 0.717) is 11.7 Å². The van der Waals surface area contributed by atoms with Crippen LogP contribution in [0.4, 0.5) is 5.82 Å². The zero-order valence-electron chi connectivity index (χ0n) is 11.9. The number of rotatable bonds is 4. The maximum Gasteiger partial charge on any atom is 0.354 e. The van der Waals surface area contributed by atoms with Crippen molar-refractivity contribution in [3.05, 3.63) is 36.0 Å². The molecule has 1 aliphatic rings. The number of carboxylic acids is 1. The molecule has 5 heteroatoms. The van der Waals surface area contributed by atoms with Crippen molar-refractivity contribution >= 4 is 22.6 Å². The molecular formula is C16H18N2O3. The standard InChI is InChI=1S/C16H18N2O3/c1-10(12-6-7-21-9-12)17-15-13-5-3-2-4-11(13)8-14(18-15)16(19)20/h2-5,8,10,12H,6-7,9H2,1H3,(H,17,18)(H,19,20). The number of aromatic nitrogens is 1. The number of benzene rings is 1. The number of aromatic carboxylic acids is 1. The Balaban J connectivity index is 1.97. The van der Waals surface area contributed by atoms with Gasteiger partial charge in [-0.05, 0) is 24.8 Å². The number of hydrogen-bond donors (Lipinski definition) is 2. The molecule has 0 aliphatic carbocycles. The predicted molar refractivity (Wildman–Crippen MR) is 80.7 cm³/mol. The summed E-state index contributed by atoms with van der Waals surface area (Å²) in [6, 6.07) is 9.47. The van der Waals surface area contributed by atoms with E-state index in [1.807, 2.05) is 24.3 Å². The maximum atomic E-state index is 11.2. The summed E-state index contributed by atoms with van der Waals surface area (Å²) in [5.74, 6) is 0.0459. The summed E-state index contributed by atoms with van der Waals surface area (Å²) < 4.78 is 5.41. The minimum Gasteiger partial charge on any atom is -0.477 e. The van der Waals surface area contributed by atoms with E-state index in [4.69, 9.17) is 4.74 Å². The van der Waals surface area contributed by atoms with Gasteiger partial charge in [0.15, 0.2) is 5.69 Å². The second kappa shape index (κ2) is 5.69. The Morgan fingerprint density at radius 3 is 3.00 bits per heavy atom. The predicted octanol–water partition coefficient (Wildman–Crippen LogP) is 2.77. The van der Waals surface area contributed by atoms with Crippen molar-refractivity contribution in [2.75, 3.05) is 18.5 Å². The maximum absolute atomic E-state index is 11.2. The molecule has 1 aromatic carbocycles. The Kier molecular flexibility index (Phi) is 3.75. The van der Waals surface area contributed by atoms with Crippen molar-refractivity contribution in [1.82, 2.24) is 4.98 Å². The van der Waals surface area contributed by atoms with Crippen LogP contribution in [0.1, 0.15) is 23.8 Å². The summed E-state index contributed by atoms with van der Waals surface area (Å²) in [5.41, 5.74) is 0.0612. The van der Waals surface area contributed by atoms with Crippen LogP contribution in [-0.4, -0.2) is 35.3 Å². The topological polar surface area (TPSA) is 71.5 Å². The number of nitrogens with zero attached hydrogens (tertiary/aromatic N) is 1. The first-order valence-corrected chi connectivity index (χ1v) is 7.12. The lowest BCUT2D eigenvalue weighted by atomic mass is 10.0. The van der Waals surface area contributed by atoms with Crippen LogP contribution in [0, 0.1) is 5.92 Å². The van der Waals surface area contributed by atoms with Gasteiger partial charge in [-0.2, -0.15) is 0 Å². The number of carboxylic acid groups (broad SMARTS) is 1. The number of pyridine rings is 1. The fourth-order valence-electron chi connectivity index (χ4n) is 2.70. The third-order valence-corrected chi connectivity index (χ3v) is 4.00. The number of anilines is 1. The number of hydrogen-bond acceptors (Lipinski definition) is 4. The van der Waals surface area contributed by atoms with E-state index in [2.05, 4.69) is 17.2 Å². The third-order valence-electron chi connectivity index (χ3n) is 4.00. The average molecular weight is 286 g/mol. The van der Waals surface area contributed by atoms with Gasteiger partial charge in [0.1, 0.15) is 5.82 Å². The number of ether oxygens (including phenoxy) is 1. The van der Waals surface area contributed by atoms with Gasteiger partial charge in [0, 0.05) is 24.0 Å². The first-order chi connectivity index (χ1) is 10.1. The summed E-state index contributed by atoms with van der Waals surface area (Å²) in [5, 5.41) is 14.4. The van der Waals surface area contributed by atoms with Gasteiger partial charge in [-0.1, -0.05) is 24.3 Å². The number of fused-ring (bicyclic) bond motifs is 1. The monoisotopic (exact) mass is 286 g/mol. The highest BCUT2D eigenvalue weighted by Gasteiger charge is 2.23. The zero-order chi connectivity index (χ0) is 14.8. The molecule has 1 fully saturated rings.